The van der Waals surface area contributed by atoms with Crippen LogP contribution in [0.5, 0.6) is 0 Å². The van der Waals surface area contributed by atoms with E-state index in [-0.39, 0.29) is 11.5 Å². The Morgan fingerprint density at radius 3 is 3.00 bits per heavy atom. The number of carbonyl (C=O) groups is 1. The third-order valence-corrected chi connectivity index (χ3v) is 5.22. The highest BCUT2D eigenvalue weighted by Gasteiger charge is 2.08. The highest BCUT2D eigenvalue weighted by atomic mass is 32.1. The Morgan fingerprint density at radius 1 is 1.35 bits per heavy atom. The van der Waals surface area contributed by atoms with Gasteiger partial charge in [0.15, 0.2) is 9.90 Å². The summed E-state index contributed by atoms with van der Waals surface area (Å²) in [5.41, 5.74) is 0.718. The maximum Gasteiger partial charge on any atom is 0.272 e. The van der Waals surface area contributed by atoms with Crippen LogP contribution < -0.4 is 10.9 Å². The molecule has 3 rings (SSSR count). The highest BCUT2D eigenvalue weighted by Crippen LogP contribution is 2.14. The molecule has 0 aliphatic carbocycles. The van der Waals surface area contributed by atoms with Crippen LogP contribution in [-0.2, 0) is 11.3 Å². The summed E-state index contributed by atoms with van der Waals surface area (Å²) in [6.45, 7) is 0.506. The van der Waals surface area contributed by atoms with E-state index in [0.717, 1.165) is 5.52 Å². The number of unbranched alkanes of at least 4 members (excludes halogenated alkanes) is 1. The largest absolute Gasteiger partial charge is 0.331 e. The fraction of sp³-hybridized carbons (Fsp3) is 0.286. The van der Waals surface area contributed by atoms with Crippen molar-refractivity contribution in [2.45, 2.75) is 25.8 Å². The van der Waals surface area contributed by atoms with E-state index < -0.39 is 0 Å². The second kappa shape index (κ2) is 7.16. The van der Waals surface area contributed by atoms with Crippen LogP contribution in [0.15, 0.2) is 27.8 Å². The Balaban J connectivity index is 1.56. The summed E-state index contributed by atoms with van der Waals surface area (Å²) in [5, 5.41) is 7.02. The van der Waals surface area contributed by atoms with Crippen LogP contribution >= 0.6 is 34.9 Å². The van der Waals surface area contributed by atoms with Crippen molar-refractivity contribution in [2.75, 3.05) is 5.32 Å². The van der Waals surface area contributed by atoms with E-state index in [4.69, 9.17) is 12.2 Å². The average molecular weight is 366 g/mol. The van der Waals surface area contributed by atoms with Crippen molar-refractivity contribution < 1.29 is 4.79 Å². The molecule has 0 atom stereocenters. The van der Waals surface area contributed by atoms with Crippen molar-refractivity contribution in [3.63, 3.8) is 0 Å². The molecule has 0 fully saturated rings. The number of H-pyrrole nitrogens is 1. The summed E-state index contributed by atoms with van der Waals surface area (Å²) >= 11 is 8.03. The summed E-state index contributed by atoms with van der Waals surface area (Å²) < 4.78 is 2.67. The van der Waals surface area contributed by atoms with Gasteiger partial charge in [0.2, 0.25) is 5.91 Å². The quantitative estimate of drug-likeness (QED) is 0.518. The molecule has 9 heteroatoms. The van der Waals surface area contributed by atoms with E-state index >= 15 is 0 Å². The monoisotopic (exact) mass is 366 g/mol. The molecule has 0 aliphatic heterocycles. The van der Waals surface area contributed by atoms with Crippen LogP contribution in [0, 0.1) is 4.77 Å². The minimum absolute atomic E-state index is 0.0637. The molecule has 6 nitrogen and oxygen atoms in total. The van der Waals surface area contributed by atoms with Crippen molar-refractivity contribution in [1.29, 1.82) is 0 Å². The first kappa shape index (κ1) is 16.0. The Hall–Kier alpha value is -1.84. The molecule has 0 bridgehead atoms. The molecule has 23 heavy (non-hydrogen) atoms. The number of thiazole rings is 1. The SMILES string of the molecule is O=C(CCCCn1c(=S)[nH]c2ccsc2c1=O)Nc1nccs1. The molecule has 0 unspecified atom stereocenters. The summed E-state index contributed by atoms with van der Waals surface area (Å²) in [5.74, 6) is -0.0637. The van der Waals surface area contributed by atoms with Crippen LogP contribution in [0.1, 0.15) is 19.3 Å². The normalized spacial score (nSPS) is 11.0. The van der Waals surface area contributed by atoms with E-state index in [1.165, 1.54) is 22.7 Å². The molecule has 0 aliphatic rings. The van der Waals surface area contributed by atoms with E-state index in [1.807, 2.05) is 16.8 Å². The standard InChI is InChI=1S/C14H14N4O2S3/c19-10(17-13-15-5-8-23-13)3-1-2-6-18-12(20)11-9(4-7-22-11)16-14(18)21/h4-5,7-8H,1-3,6H2,(H,16,21)(H,15,17,19). The first-order valence-electron chi connectivity index (χ1n) is 7.05. The number of carbonyl (C=O) groups excluding carboxylic acids is 1. The van der Waals surface area contributed by atoms with Crippen LogP contribution in [0.25, 0.3) is 10.2 Å². The third kappa shape index (κ3) is 3.74. The zero-order valence-electron chi connectivity index (χ0n) is 12.1. The van der Waals surface area contributed by atoms with Gasteiger partial charge in [-0.15, -0.1) is 22.7 Å². The Morgan fingerprint density at radius 2 is 2.22 bits per heavy atom. The van der Waals surface area contributed by atoms with Crippen molar-refractivity contribution in [3.05, 3.63) is 38.1 Å². The number of amides is 1. The molecule has 3 aromatic rings. The second-order valence-corrected chi connectivity index (χ2v) is 7.09. The first-order valence-corrected chi connectivity index (χ1v) is 9.21. The Labute approximate surface area is 144 Å². The Kier molecular flexibility index (Phi) is 4.99. The average Bonchev–Trinajstić information content (AvgIpc) is 3.17. The maximum absolute atomic E-state index is 12.4. The molecule has 2 N–H and O–H groups in total. The molecule has 3 heterocycles. The maximum atomic E-state index is 12.4. The molecular weight excluding hydrogens is 352 g/mol. The van der Waals surface area contributed by atoms with Gasteiger partial charge in [-0.2, -0.15) is 0 Å². The minimum Gasteiger partial charge on any atom is -0.331 e. The number of hydrogen-bond acceptors (Lipinski definition) is 6. The predicted octanol–water partition coefficient (Wildman–Crippen LogP) is 3.39. The van der Waals surface area contributed by atoms with E-state index in [2.05, 4.69) is 15.3 Å². The second-order valence-electron chi connectivity index (χ2n) is 4.89. The van der Waals surface area contributed by atoms with Gasteiger partial charge < -0.3 is 10.3 Å². The minimum atomic E-state index is -0.0639. The molecule has 0 saturated heterocycles. The van der Waals surface area contributed by atoms with Gasteiger partial charge in [0.1, 0.15) is 4.70 Å². The number of nitrogens with zero attached hydrogens (tertiary/aromatic N) is 2. The van der Waals surface area contributed by atoms with Gasteiger partial charge >= 0.3 is 0 Å². The molecule has 0 saturated carbocycles. The molecule has 0 radical (unpaired) electrons. The summed E-state index contributed by atoms with van der Waals surface area (Å²) in [6, 6.07) is 1.85. The summed E-state index contributed by atoms with van der Waals surface area (Å²) in [4.78, 5) is 31.2. The number of hydrogen-bond donors (Lipinski definition) is 2. The first-order chi connectivity index (χ1) is 11.1. The van der Waals surface area contributed by atoms with Gasteiger partial charge in [0.05, 0.1) is 5.52 Å². The van der Waals surface area contributed by atoms with Crippen LogP contribution in [0.3, 0.4) is 0 Å². The zero-order valence-corrected chi connectivity index (χ0v) is 14.5. The van der Waals surface area contributed by atoms with E-state index in [9.17, 15) is 9.59 Å². The number of thiophene rings is 1. The van der Waals surface area contributed by atoms with Crippen molar-refractivity contribution >= 4 is 56.1 Å². The van der Waals surface area contributed by atoms with Gasteiger partial charge in [-0.3, -0.25) is 14.2 Å². The summed E-state index contributed by atoms with van der Waals surface area (Å²) in [6.07, 6.45) is 3.43. The number of fused-ring (bicyclic) bond motifs is 1. The van der Waals surface area contributed by atoms with Gasteiger partial charge in [0, 0.05) is 24.5 Å². The van der Waals surface area contributed by atoms with Gasteiger partial charge in [-0.1, -0.05) is 0 Å². The number of aromatic nitrogens is 3. The van der Waals surface area contributed by atoms with Crippen molar-refractivity contribution in [3.8, 4) is 0 Å². The van der Waals surface area contributed by atoms with E-state index in [0.29, 0.717) is 40.4 Å². The number of nitrogens with one attached hydrogen (secondary N) is 2. The molecule has 0 spiro atoms. The van der Waals surface area contributed by atoms with E-state index in [1.54, 1.807) is 10.8 Å². The van der Waals surface area contributed by atoms with Gasteiger partial charge in [0.25, 0.3) is 5.56 Å². The predicted molar refractivity (Wildman–Crippen MR) is 95.9 cm³/mol. The van der Waals surface area contributed by atoms with Crippen LogP contribution in [-0.4, -0.2) is 20.4 Å². The lowest BCUT2D eigenvalue weighted by atomic mass is 10.2. The number of aromatic amines is 1. The smallest absolute Gasteiger partial charge is 0.272 e. The van der Waals surface area contributed by atoms with Gasteiger partial charge in [-0.05, 0) is 36.5 Å². The lowest BCUT2D eigenvalue weighted by Crippen LogP contribution is -2.21. The topological polar surface area (TPSA) is 79.8 Å². The third-order valence-electron chi connectivity index (χ3n) is 3.31. The lowest BCUT2D eigenvalue weighted by Gasteiger charge is -2.06. The Bertz CT molecular complexity index is 924. The molecule has 3 aromatic heterocycles. The van der Waals surface area contributed by atoms with Crippen LogP contribution in [0.4, 0.5) is 5.13 Å². The lowest BCUT2D eigenvalue weighted by molar-refractivity contribution is -0.116. The van der Waals surface area contributed by atoms with Crippen molar-refractivity contribution in [2.24, 2.45) is 0 Å². The molecule has 1 amide bonds. The van der Waals surface area contributed by atoms with Gasteiger partial charge in [-0.25, -0.2) is 4.98 Å². The summed E-state index contributed by atoms with van der Waals surface area (Å²) in [7, 11) is 0. The fourth-order valence-corrected chi connectivity index (χ4v) is 3.82. The zero-order chi connectivity index (χ0) is 16.2. The van der Waals surface area contributed by atoms with Crippen molar-refractivity contribution in [1.82, 2.24) is 14.5 Å². The molecule has 0 aromatic carbocycles. The van der Waals surface area contributed by atoms with Crippen LogP contribution in [0.2, 0.25) is 0 Å². The number of anilines is 1. The fourth-order valence-electron chi connectivity index (χ4n) is 2.20. The molecular formula is C14H14N4O2S3. The highest BCUT2D eigenvalue weighted by molar-refractivity contribution is 7.71. The number of rotatable bonds is 6. The molecule has 120 valence electrons.